The Bertz CT molecular complexity index is 1220. The number of thioether (sulfide) groups is 1. The molecule has 0 saturated carbocycles. The zero-order valence-corrected chi connectivity index (χ0v) is 23.2. The molecule has 0 saturated heterocycles. The van der Waals surface area contributed by atoms with Crippen molar-refractivity contribution in [3.63, 3.8) is 0 Å². The Kier molecular flexibility index (Phi) is 11.8. The monoisotopic (exact) mass is 549 g/mol. The quantitative estimate of drug-likeness (QED) is 0.155. The minimum absolute atomic E-state index is 0.0297. The molecule has 0 unspecified atom stereocenters. The first-order chi connectivity index (χ1) is 18.9. The molecule has 206 valence electrons. The maximum Gasteiger partial charge on any atom is 0.269 e. The molecule has 0 aliphatic rings. The highest BCUT2D eigenvalue weighted by Gasteiger charge is 2.30. The molecule has 0 fully saturated rings. The van der Waals surface area contributed by atoms with Crippen molar-refractivity contribution >= 4 is 29.3 Å². The van der Waals surface area contributed by atoms with E-state index in [-0.39, 0.29) is 29.8 Å². The van der Waals surface area contributed by atoms with E-state index in [0.717, 1.165) is 29.5 Å². The molecule has 0 spiro atoms. The van der Waals surface area contributed by atoms with Crippen LogP contribution in [0.4, 0.5) is 5.69 Å². The number of unbranched alkanes of at least 4 members (excludes halogenated alkanes) is 1. The second-order valence-electron chi connectivity index (χ2n) is 9.14. The van der Waals surface area contributed by atoms with Gasteiger partial charge in [0.1, 0.15) is 11.8 Å². The van der Waals surface area contributed by atoms with Crippen molar-refractivity contribution in [2.45, 2.75) is 44.5 Å². The molecule has 0 aliphatic carbocycles. The van der Waals surface area contributed by atoms with Gasteiger partial charge in [-0.05, 0) is 35.2 Å². The van der Waals surface area contributed by atoms with Gasteiger partial charge in [0.2, 0.25) is 11.8 Å². The molecule has 39 heavy (non-hydrogen) atoms. The average molecular weight is 550 g/mol. The van der Waals surface area contributed by atoms with Crippen LogP contribution in [-0.4, -0.2) is 47.1 Å². The van der Waals surface area contributed by atoms with Crippen LogP contribution < -0.4 is 10.1 Å². The van der Waals surface area contributed by atoms with Crippen LogP contribution in [0.15, 0.2) is 78.9 Å². The van der Waals surface area contributed by atoms with Gasteiger partial charge in [0, 0.05) is 37.4 Å². The number of nitrogens with zero attached hydrogens (tertiary/aromatic N) is 2. The Labute approximate surface area is 233 Å². The van der Waals surface area contributed by atoms with Gasteiger partial charge < -0.3 is 15.0 Å². The minimum Gasteiger partial charge on any atom is -0.497 e. The van der Waals surface area contributed by atoms with Crippen molar-refractivity contribution in [2.24, 2.45) is 0 Å². The van der Waals surface area contributed by atoms with Gasteiger partial charge in [0.05, 0.1) is 17.8 Å². The fourth-order valence-electron chi connectivity index (χ4n) is 4.08. The van der Waals surface area contributed by atoms with E-state index in [1.807, 2.05) is 54.6 Å². The zero-order chi connectivity index (χ0) is 28.0. The molecule has 0 radical (unpaired) electrons. The number of ether oxygens (including phenoxy) is 1. The minimum atomic E-state index is -0.692. The highest BCUT2D eigenvalue weighted by molar-refractivity contribution is 7.99. The van der Waals surface area contributed by atoms with E-state index in [1.54, 1.807) is 24.1 Å². The molecule has 3 aromatic carbocycles. The summed E-state index contributed by atoms with van der Waals surface area (Å²) in [5, 5.41) is 13.9. The smallest absolute Gasteiger partial charge is 0.269 e. The Morgan fingerprint density at radius 2 is 1.72 bits per heavy atom. The number of amides is 2. The summed E-state index contributed by atoms with van der Waals surface area (Å²) < 4.78 is 5.37. The van der Waals surface area contributed by atoms with Crippen molar-refractivity contribution in [3.8, 4) is 5.75 Å². The third kappa shape index (κ3) is 9.44. The number of non-ortho nitro benzene ring substituents is 1. The first-order valence-electron chi connectivity index (χ1n) is 13.0. The summed E-state index contributed by atoms with van der Waals surface area (Å²) in [6, 6.07) is 22.8. The number of nitro benzene ring substituents is 1. The Morgan fingerprint density at radius 1 is 1.00 bits per heavy atom. The molecule has 0 bridgehead atoms. The second kappa shape index (κ2) is 15.5. The van der Waals surface area contributed by atoms with Crippen LogP contribution in [0, 0.1) is 10.1 Å². The van der Waals surface area contributed by atoms with E-state index >= 15 is 0 Å². The topological polar surface area (TPSA) is 102 Å². The SMILES string of the molecule is CCCCNC(=O)[C@@H](Cc1ccccc1)N(Cc1cccc(OC)c1)C(=O)CSCc1ccc([N+](=O)[O-])cc1. The number of rotatable bonds is 15. The molecule has 0 aromatic heterocycles. The highest BCUT2D eigenvalue weighted by Crippen LogP contribution is 2.21. The number of methoxy groups -OCH3 is 1. The summed E-state index contributed by atoms with van der Waals surface area (Å²) in [4.78, 5) is 39.3. The van der Waals surface area contributed by atoms with Crippen molar-refractivity contribution < 1.29 is 19.2 Å². The number of hydrogen-bond acceptors (Lipinski definition) is 6. The lowest BCUT2D eigenvalue weighted by molar-refractivity contribution is -0.384. The lowest BCUT2D eigenvalue weighted by Crippen LogP contribution is -2.51. The van der Waals surface area contributed by atoms with E-state index < -0.39 is 11.0 Å². The molecule has 8 nitrogen and oxygen atoms in total. The average Bonchev–Trinajstić information content (AvgIpc) is 2.95. The number of carbonyl (C=O) groups is 2. The first kappa shape index (κ1) is 29.7. The van der Waals surface area contributed by atoms with Crippen molar-refractivity contribution in [1.29, 1.82) is 0 Å². The number of nitrogens with one attached hydrogen (secondary N) is 1. The van der Waals surface area contributed by atoms with Crippen molar-refractivity contribution in [1.82, 2.24) is 10.2 Å². The summed E-state index contributed by atoms with van der Waals surface area (Å²) in [6.45, 7) is 2.87. The fourth-order valence-corrected chi connectivity index (χ4v) is 4.95. The Hall–Kier alpha value is -3.85. The van der Waals surface area contributed by atoms with Gasteiger partial charge in [0.25, 0.3) is 5.69 Å². The van der Waals surface area contributed by atoms with Gasteiger partial charge in [0.15, 0.2) is 0 Å². The van der Waals surface area contributed by atoms with E-state index in [0.29, 0.717) is 24.5 Å². The second-order valence-corrected chi connectivity index (χ2v) is 10.1. The van der Waals surface area contributed by atoms with Gasteiger partial charge >= 0.3 is 0 Å². The number of hydrogen-bond donors (Lipinski definition) is 1. The highest BCUT2D eigenvalue weighted by atomic mass is 32.2. The first-order valence-corrected chi connectivity index (χ1v) is 14.1. The standard InChI is InChI=1S/C30H35N3O5S/c1-3-4-17-31-30(35)28(19-23-9-6-5-7-10-23)32(20-25-11-8-12-27(18-25)38-2)29(34)22-39-21-24-13-15-26(16-14-24)33(36)37/h5-16,18,28H,3-4,17,19-22H2,1-2H3,(H,31,35)/t28-/m1/s1. The van der Waals surface area contributed by atoms with Gasteiger partial charge in [-0.1, -0.05) is 67.9 Å². The molecular formula is C30H35N3O5S. The van der Waals surface area contributed by atoms with Crippen LogP contribution in [0.25, 0.3) is 0 Å². The summed E-state index contributed by atoms with van der Waals surface area (Å²) in [5.41, 5.74) is 2.75. The number of benzene rings is 3. The number of nitro groups is 1. The predicted molar refractivity (Wildman–Crippen MR) is 155 cm³/mol. The van der Waals surface area contributed by atoms with Crippen LogP contribution in [0.3, 0.4) is 0 Å². The Balaban J connectivity index is 1.82. The van der Waals surface area contributed by atoms with Gasteiger partial charge in [-0.15, -0.1) is 11.8 Å². The molecule has 1 atom stereocenters. The Morgan fingerprint density at radius 3 is 2.38 bits per heavy atom. The maximum atomic E-state index is 13.7. The molecular weight excluding hydrogens is 514 g/mol. The largest absolute Gasteiger partial charge is 0.497 e. The van der Waals surface area contributed by atoms with E-state index in [4.69, 9.17) is 4.74 Å². The zero-order valence-electron chi connectivity index (χ0n) is 22.4. The van der Waals surface area contributed by atoms with Crippen LogP contribution in [0.2, 0.25) is 0 Å². The molecule has 9 heteroatoms. The summed E-state index contributed by atoms with van der Waals surface area (Å²) in [5.74, 6) is 1.02. The number of carbonyl (C=O) groups excluding carboxylic acids is 2. The van der Waals surface area contributed by atoms with Crippen LogP contribution in [0.1, 0.15) is 36.5 Å². The fraction of sp³-hybridized carbons (Fsp3) is 0.333. The molecule has 3 rings (SSSR count). The third-order valence-electron chi connectivity index (χ3n) is 6.23. The third-order valence-corrected chi connectivity index (χ3v) is 7.22. The molecule has 2 amide bonds. The lowest BCUT2D eigenvalue weighted by Gasteiger charge is -2.31. The molecule has 0 aliphatic heterocycles. The van der Waals surface area contributed by atoms with Gasteiger partial charge in [-0.25, -0.2) is 0 Å². The maximum absolute atomic E-state index is 13.7. The van der Waals surface area contributed by atoms with Crippen LogP contribution in [0.5, 0.6) is 5.75 Å². The van der Waals surface area contributed by atoms with Crippen molar-refractivity contribution in [2.75, 3.05) is 19.4 Å². The van der Waals surface area contributed by atoms with E-state index in [2.05, 4.69) is 12.2 Å². The van der Waals surface area contributed by atoms with E-state index in [9.17, 15) is 19.7 Å². The van der Waals surface area contributed by atoms with Crippen molar-refractivity contribution in [3.05, 3.63) is 106 Å². The van der Waals surface area contributed by atoms with Crippen LogP contribution >= 0.6 is 11.8 Å². The summed E-state index contributed by atoms with van der Waals surface area (Å²) in [6.07, 6.45) is 2.20. The molecule has 1 N–H and O–H groups in total. The van der Waals surface area contributed by atoms with Gasteiger partial charge in [-0.3, -0.25) is 19.7 Å². The normalized spacial score (nSPS) is 11.4. The van der Waals surface area contributed by atoms with E-state index in [1.165, 1.54) is 23.9 Å². The summed E-state index contributed by atoms with van der Waals surface area (Å²) >= 11 is 1.41. The lowest BCUT2D eigenvalue weighted by atomic mass is 10.0. The molecule has 3 aromatic rings. The van der Waals surface area contributed by atoms with Gasteiger partial charge in [-0.2, -0.15) is 0 Å². The predicted octanol–water partition coefficient (Wildman–Crippen LogP) is 5.39. The molecule has 0 heterocycles. The summed E-state index contributed by atoms with van der Waals surface area (Å²) in [7, 11) is 1.59. The van der Waals surface area contributed by atoms with Crippen LogP contribution in [-0.2, 0) is 28.3 Å².